The molecule has 1 aromatic heterocycles. The number of anilines is 2. The van der Waals surface area contributed by atoms with Gasteiger partial charge in [-0.2, -0.15) is 0 Å². The molecule has 0 bridgehead atoms. The fourth-order valence-corrected chi connectivity index (χ4v) is 3.70. The highest BCUT2D eigenvalue weighted by molar-refractivity contribution is 7.89. The zero-order valence-corrected chi connectivity index (χ0v) is 16.6. The molecule has 148 valence electrons. The van der Waals surface area contributed by atoms with E-state index >= 15 is 0 Å². The van der Waals surface area contributed by atoms with Crippen LogP contribution in [0.25, 0.3) is 11.3 Å². The molecule has 0 saturated carbocycles. The Morgan fingerprint density at radius 1 is 1.14 bits per heavy atom. The Kier molecular flexibility index (Phi) is 6.33. The molecule has 3 rings (SSSR count). The van der Waals surface area contributed by atoms with E-state index in [-0.39, 0.29) is 10.9 Å². The lowest BCUT2D eigenvalue weighted by atomic mass is 10.2. The second-order valence-corrected chi connectivity index (χ2v) is 7.90. The van der Waals surface area contributed by atoms with Gasteiger partial charge in [-0.05, 0) is 24.6 Å². The van der Waals surface area contributed by atoms with Crippen molar-refractivity contribution >= 4 is 21.7 Å². The lowest BCUT2D eigenvalue weighted by Crippen LogP contribution is -2.24. The van der Waals surface area contributed by atoms with Crippen molar-refractivity contribution < 1.29 is 17.6 Å². The van der Waals surface area contributed by atoms with Gasteiger partial charge >= 0.3 is 0 Å². The number of nitrogens with one attached hydrogen (secondary N) is 2. The number of sulfonamides is 1. The Bertz CT molecular complexity index is 1020. The molecule has 2 N–H and O–H groups in total. The van der Waals surface area contributed by atoms with Crippen LogP contribution >= 0.6 is 0 Å². The third-order valence-electron chi connectivity index (χ3n) is 4.11. The predicted octanol–water partition coefficient (Wildman–Crippen LogP) is 4.17. The maximum Gasteiger partial charge on any atom is 0.299 e. The summed E-state index contributed by atoms with van der Waals surface area (Å²) < 4.78 is 38.6. The average molecular weight is 401 g/mol. The molecule has 1 heterocycles. The Balaban J connectivity index is 1.84. The highest BCUT2D eigenvalue weighted by Gasteiger charge is 2.17. The predicted molar refractivity (Wildman–Crippen MR) is 108 cm³/mol. The van der Waals surface area contributed by atoms with E-state index in [9.17, 15) is 8.42 Å². The molecule has 0 amide bonds. The summed E-state index contributed by atoms with van der Waals surface area (Å²) in [6.45, 7) is 2.40. The molecule has 3 aromatic rings. The van der Waals surface area contributed by atoms with E-state index < -0.39 is 10.0 Å². The molecule has 0 atom stereocenters. The highest BCUT2D eigenvalue weighted by atomic mass is 32.2. The second-order valence-electron chi connectivity index (χ2n) is 6.13. The summed E-state index contributed by atoms with van der Waals surface area (Å²) >= 11 is 0. The summed E-state index contributed by atoms with van der Waals surface area (Å²) in [5, 5.41) is 3.00. The SMILES string of the molecule is CCCCNS(=O)(=O)c1ccc(OC)c(Nc2ncc(-c3ccccc3)o2)c1. The summed E-state index contributed by atoms with van der Waals surface area (Å²) in [7, 11) is -2.09. The van der Waals surface area contributed by atoms with Crippen LogP contribution in [0.1, 0.15) is 19.8 Å². The van der Waals surface area contributed by atoms with Crippen molar-refractivity contribution in [1.82, 2.24) is 9.71 Å². The molecule has 28 heavy (non-hydrogen) atoms. The van der Waals surface area contributed by atoms with Crippen molar-refractivity contribution in [3.63, 3.8) is 0 Å². The Morgan fingerprint density at radius 2 is 1.93 bits per heavy atom. The second kappa shape index (κ2) is 8.90. The van der Waals surface area contributed by atoms with Gasteiger partial charge in [-0.25, -0.2) is 18.1 Å². The minimum atomic E-state index is -3.61. The Labute approximate surface area is 164 Å². The average Bonchev–Trinajstić information content (AvgIpc) is 3.17. The van der Waals surface area contributed by atoms with E-state index in [1.165, 1.54) is 19.2 Å². The number of ether oxygens (including phenoxy) is 1. The molecule has 0 radical (unpaired) electrons. The van der Waals surface area contributed by atoms with E-state index in [2.05, 4.69) is 15.0 Å². The van der Waals surface area contributed by atoms with Crippen molar-refractivity contribution in [2.24, 2.45) is 0 Å². The largest absolute Gasteiger partial charge is 0.495 e. The van der Waals surface area contributed by atoms with Gasteiger partial charge in [-0.15, -0.1) is 0 Å². The molecular formula is C20H23N3O4S. The lowest BCUT2D eigenvalue weighted by molar-refractivity contribution is 0.416. The molecule has 0 aliphatic rings. The molecule has 0 aliphatic heterocycles. The first-order valence-electron chi connectivity index (χ1n) is 8.99. The maximum absolute atomic E-state index is 12.5. The summed E-state index contributed by atoms with van der Waals surface area (Å²) in [6, 6.07) is 14.4. The van der Waals surface area contributed by atoms with Crippen molar-refractivity contribution in [2.75, 3.05) is 19.0 Å². The van der Waals surface area contributed by atoms with Crippen molar-refractivity contribution in [1.29, 1.82) is 0 Å². The molecule has 0 spiro atoms. The van der Waals surface area contributed by atoms with E-state index in [4.69, 9.17) is 9.15 Å². The summed E-state index contributed by atoms with van der Waals surface area (Å²) in [5.74, 6) is 1.08. The number of nitrogens with zero attached hydrogens (tertiary/aromatic N) is 1. The van der Waals surface area contributed by atoms with Crippen LogP contribution in [0.2, 0.25) is 0 Å². The van der Waals surface area contributed by atoms with Crippen LogP contribution in [0.4, 0.5) is 11.7 Å². The number of hydrogen-bond donors (Lipinski definition) is 2. The number of unbranched alkanes of at least 4 members (excludes halogenated alkanes) is 1. The highest BCUT2D eigenvalue weighted by Crippen LogP contribution is 2.31. The van der Waals surface area contributed by atoms with Gasteiger partial charge in [-0.3, -0.25) is 0 Å². The maximum atomic E-state index is 12.5. The summed E-state index contributed by atoms with van der Waals surface area (Å²) in [6.07, 6.45) is 3.29. The molecule has 2 aromatic carbocycles. The van der Waals surface area contributed by atoms with Gasteiger partial charge in [0.05, 0.1) is 23.9 Å². The number of hydrogen-bond acceptors (Lipinski definition) is 6. The minimum absolute atomic E-state index is 0.141. The molecule has 0 unspecified atom stereocenters. The monoisotopic (exact) mass is 401 g/mol. The number of oxazole rings is 1. The van der Waals surface area contributed by atoms with Crippen LogP contribution in [0.5, 0.6) is 5.75 Å². The van der Waals surface area contributed by atoms with Crippen LogP contribution in [-0.2, 0) is 10.0 Å². The molecule has 0 saturated heterocycles. The van der Waals surface area contributed by atoms with Crippen LogP contribution in [0.3, 0.4) is 0 Å². The van der Waals surface area contributed by atoms with Crippen molar-refractivity contribution in [2.45, 2.75) is 24.7 Å². The molecule has 0 fully saturated rings. The van der Waals surface area contributed by atoms with Crippen LogP contribution in [-0.4, -0.2) is 27.1 Å². The Hall–Kier alpha value is -2.84. The van der Waals surface area contributed by atoms with Crippen LogP contribution in [0.15, 0.2) is 64.0 Å². The third kappa shape index (κ3) is 4.71. The van der Waals surface area contributed by atoms with Gasteiger partial charge < -0.3 is 14.5 Å². The fraction of sp³-hybridized carbons (Fsp3) is 0.250. The van der Waals surface area contributed by atoms with Crippen LogP contribution in [0, 0.1) is 0 Å². The summed E-state index contributed by atoms with van der Waals surface area (Å²) in [5.41, 5.74) is 1.34. The number of aromatic nitrogens is 1. The molecule has 8 heteroatoms. The van der Waals surface area contributed by atoms with E-state index in [0.29, 0.717) is 23.7 Å². The molecule has 0 aliphatic carbocycles. The lowest BCUT2D eigenvalue weighted by Gasteiger charge is -2.12. The molecular weight excluding hydrogens is 378 g/mol. The third-order valence-corrected chi connectivity index (χ3v) is 5.57. The first kappa shape index (κ1) is 19.9. The van der Waals surface area contributed by atoms with E-state index in [0.717, 1.165) is 18.4 Å². The number of benzene rings is 2. The standard InChI is InChI=1S/C20H23N3O4S/c1-3-4-12-22-28(24,25)16-10-11-18(26-2)17(13-16)23-20-21-14-19(27-20)15-8-6-5-7-9-15/h5-11,13-14,22H,3-4,12H2,1-2H3,(H,21,23). The normalized spacial score (nSPS) is 11.4. The van der Waals surface area contributed by atoms with Crippen molar-refractivity contribution in [3.05, 3.63) is 54.7 Å². The minimum Gasteiger partial charge on any atom is -0.495 e. The smallest absolute Gasteiger partial charge is 0.299 e. The zero-order valence-electron chi connectivity index (χ0n) is 15.8. The number of methoxy groups -OCH3 is 1. The van der Waals surface area contributed by atoms with Gasteiger partial charge in [0.2, 0.25) is 10.0 Å². The Morgan fingerprint density at radius 3 is 2.64 bits per heavy atom. The first-order valence-corrected chi connectivity index (χ1v) is 10.5. The molecule has 7 nitrogen and oxygen atoms in total. The zero-order chi connectivity index (χ0) is 20.0. The van der Waals surface area contributed by atoms with Gasteiger partial charge in [0.15, 0.2) is 5.76 Å². The van der Waals surface area contributed by atoms with E-state index in [1.54, 1.807) is 12.3 Å². The van der Waals surface area contributed by atoms with Crippen LogP contribution < -0.4 is 14.8 Å². The quantitative estimate of drug-likeness (QED) is 0.523. The topological polar surface area (TPSA) is 93.5 Å². The fourth-order valence-electron chi connectivity index (χ4n) is 2.60. The van der Waals surface area contributed by atoms with Crippen molar-refractivity contribution in [3.8, 4) is 17.1 Å². The number of rotatable bonds is 9. The first-order chi connectivity index (χ1) is 13.5. The van der Waals surface area contributed by atoms with Gasteiger partial charge in [0, 0.05) is 12.1 Å². The van der Waals surface area contributed by atoms with Gasteiger partial charge in [0.1, 0.15) is 5.75 Å². The van der Waals surface area contributed by atoms with Gasteiger partial charge in [-0.1, -0.05) is 43.7 Å². The van der Waals surface area contributed by atoms with E-state index in [1.807, 2.05) is 37.3 Å². The van der Waals surface area contributed by atoms with Gasteiger partial charge in [0.25, 0.3) is 6.01 Å². The summed E-state index contributed by atoms with van der Waals surface area (Å²) in [4.78, 5) is 4.36.